The second-order valence-corrected chi connectivity index (χ2v) is 14.9. The molecule has 0 saturated heterocycles. The van der Waals surface area contributed by atoms with E-state index in [0.717, 1.165) is 12.8 Å². The first-order chi connectivity index (χ1) is 24.9. The van der Waals surface area contributed by atoms with E-state index in [0.29, 0.717) is 41.7 Å². The van der Waals surface area contributed by atoms with Crippen LogP contribution >= 0.6 is 0 Å². The van der Waals surface area contributed by atoms with E-state index in [1.807, 2.05) is 13.8 Å². The van der Waals surface area contributed by atoms with Crippen molar-refractivity contribution in [2.45, 2.75) is 63.2 Å². The molecule has 15 heteroatoms. The molecule has 2 aliphatic rings. The van der Waals surface area contributed by atoms with Gasteiger partial charge in [-0.15, -0.1) is 0 Å². The molecular weight excluding hydrogens is 692 g/mol. The summed E-state index contributed by atoms with van der Waals surface area (Å²) in [5.41, 5.74) is 0.862. The predicted molar refractivity (Wildman–Crippen MR) is 195 cm³/mol. The van der Waals surface area contributed by atoms with Crippen molar-refractivity contribution in [3.8, 4) is 23.0 Å². The van der Waals surface area contributed by atoms with Crippen molar-refractivity contribution >= 4 is 33.3 Å². The zero-order chi connectivity index (χ0) is 37.4. The summed E-state index contributed by atoms with van der Waals surface area (Å²) in [6.07, 6.45) is 1.49. The number of likely N-dealkylation sites (N-methyl/N-ethyl adjacent to an activating group) is 1. The van der Waals surface area contributed by atoms with Crippen LogP contribution in [-0.4, -0.2) is 101 Å². The van der Waals surface area contributed by atoms with Crippen LogP contribution in [-0.2, 0) is 14.8 Å². The van der Waals surface area contributed by atoms with Gasteiger partial charge in [-0.3, -0.25) is 9.52 Å². The second-order valence-electron chi connectivity index (χ2n) is 13.2. The number of sulfonamides is 1. The molecule has 0 unspecified atom stereocenters. The Balaban J connectivity index is 1.38. The van der Waals surface area contributed by atoms with Crippen LogP contribution in [0.5, 0.6) is 23.0 Å². The molecule has 0 saturated carbocycles. The first-order valence-electron chi connectivity index (χ1n) is 17.3. The summed E-state index contributed by atoms with van der Waals surface area (Å²) in [6.45, 7) is 6.21. The van der Waals surface area contributed by atoms with Crippen LogP contribution in [0.15, 0.2) is 65.6 Å². The van der Waals surface area contributed by atoms with Crippen LogP contribution < -0.4 is 29.0 Å². The fourth-order valence-electron chi connectivity index (χ4n) is 5.96. The Hall–Kier alpha value is -4.73. The summed E-state index contributed by atoms with van der Waals surface area (Å²) < 4.78 is 57.7. The van der Waals surface area contributed by atoms with E-state index in [9.17, 15) is 23.1 Å². The van der Waals surface area contributed by atoms with Gasteiger partial charge in [0.25, 0.3) is 15.9 Å². The number of carbonyl (C=O) groups excluding carboxylic acids is 2. The number of aliphatic hydroxyl groups is 1. The van der Waals surface area contributed by atoms with Crippen LogP contribution in [0, 0.1) is 5.92 Å². The monoisotopic (exact) mass is 740 g/mol. The summed E-state index contributed by atoms with van der Waals surface area (Å²) in [5.74, 6) is 1.23. The molecule has 0 spiro atoms. The summed E-state index contributed by atoms with van der Waals surface area (Å²) in [6, 6.07) is 14.8. The molecule has 0 aromatic heterocycles. The molecule has 14 nitrogen and oxygen atoms in total. The maximum atomic E-state index is 14.4. The molecule has 3 aromatic carbocycles. The quantitative estimate of drug-likeness (QED) is 0.266. The van der Waals surface area contributed by atoms with E-state index in [1.54, 1.807) is 56.4 Å². The lowest BCUT2D eigenvalue weighted by Gasteiger charge is -2.35. The third-order valence-corrected chi connectivity index (χ3v) is 10.5. The van der Waals surface area contributed by atoms with Gasteiger partial charge in [0.05, 0.1) is 42.4 Å². The van der Waals surface area contributed by atoms with Crippen molar-refractivity contribution in [1.82, 2.24) is 9.80 Å². The van der Waals surface area contributed by atoms with Crippen LogP contribution in [0.25, 0.3) is 0 Å². The number of methoxy groups -OCH3 is 1. The average Bonchev–Trinajstić information content (AvgIpc) is 3.60. The lowest BCUT2D eigenvalue weighted by atomic mass is 10.0. The maximum absolute atomic E-state index is 14.4. The van der Waals surface area contributed by atoms with E-state index in [4.69, 9.17) is 23.7 Å². The number of carbonyl (C=O) groups is 2. The highest BCUT2D eigenvalue weighted by molar-refractivity contribution is 7.92. The van der Waals surface area contributed by atoms with Gasteiger partial charge in [-0.25, -0.2) is 13.2 Å². The molecule has 0 fully saturated rings. The van der Waals surface area contributed by atoms with Gasteiger partial charge in [-0.1, -0.05) is 6.92 Å². The topological polar surface area (TPSA) is 165 Å². The minimum atomic E-state index is -4.01. The second kappa shape index (κ2) is 17.2. The van der Waals surface area contributed by atoms with E-state index in [2.05, 4.69) is 10.0 Å². The van der Waals surface area contributed by atoms with Crippen molar-refractivity contribution in [3.05, 3.63) is 66.2 Å². The van der Waals surface area contributed by atoms with Gasteiger partial charge in [-0.05, 0) is 87.7 Å². The number of fused-ring (bicyclic) bond motifs is 2. The van der Waals surface area contributed by atoms with Gasteiger partial charge in [0.2, 0.25) is 6.79 Å². The van der Waals surface area contributed by atoms with Crippen LogP contribution in [0.2, 0.25) is 0 Å². The Morgan fingerprint density at radius 1 is 1.02 bits per heavy atom. The van der Waals surface area contributed by atoms with Gasteiger partial charge in [0.15, 0.2) is 11.5 Å². The number of hydrogen-bond acceptors (Lipinski definition) is 10. The number of hydrogen-bond donors (Lipinski definition) is 3. The Kier molecular flexibility index (Phi) is 12.7. The van der Waals surface area contributed by atoms with Crippen molar-refractivity contribution in [1.29, 1.82) is 0 Å². The molecule has 52 heavy (non-hydrogen) atoms. The number of nitrogens with zero attached hydrogens (tertiary/aromatic N) is 2. The van der Waals surface area contributed by atoms with E-state index >= 15 is 0 Å². The average molecular weight is 741 g/mol. The number of rotatable bonds is 9. The molecule has 0 radical (unpaired) electrons. The van der Waals surface area contributed by atoms with Crippen LogP contribution in [0.4, 0.5) is 16.2 Å². The van der Waals surface area contributed by atoms with Crippen molar-refractivity contribution < 1.29 is 46.8 Å². The smallest absolute Gasteiger partial charge is 0.321 e. The standard InChI is InChI=1S/C37H48N4O10S/c1-24-20-41(25(2)22-42)36(43)31-18-28(39-52(45,46)30-13-11-29(47-5)12-14-30)10-15-32(31)51-26(3)8-6-7-17-48-35(24)21-40(4)37(44)38-27-9-16-33-34(19-27)50-23-49-33/h9-16,18-19,24-26,35,39,42H,6-8,17,20-23H2,1-5H3,(H,38,44)/t24-,25-,26-,35+/m0/s1. The molecule has 0 bridgehead atoms. The third kappa shape index (κ3) is 9.57. The number of urea groups is 1. The van der Waals surface area contributed by atoms with Crippen LogP contribution in [0.1, 0.15) is 50.4 Å². The Labute approximate surface area is 305 Å². The van der Waals surface area contributed by atoms with Gasteiger partial charge in [-0.2, -0.15) is 0 Å². The minimum absolute atomic E-state index is 0.0227. The van der Waals surface area contributed by atoms with Crippen molar-refractivity contribution in [3.63, 3.8) is 0 Å². The highest BCUT2D eigenvalue weighted by Gasteiger charge is 2.31. The highest BCUT2D eigenvalue weighted by Crippen LogP contribution is 2.34. The molecule has 3 aromatic rings. The van der Waals surface area contributed by atoms with Crippen molar-refractivity contribution in [2.75, 3.05) is 57.3 Å². The van der Waals surface area contributed by atoms with E-state index < -0.39 is 28.1 Å². The van der Waals surface area contributed by atoms with E-state index in [1.165, 1.54) is 35.1 Å². The number of nitrogens with one attached hydrogen (secondary N) is 2. The number of amides is 3. The first kappa shape index (κ1) is 38.5. The molecule has 0 aliphatic carbocycles. The van der Waals surface area contributed by atoms with Gasteiger partial charge >= 0.3 is 6.03 Å². The zero-order valence-electron chi connectivity index (χ0n) is 30.2. The summed E-state index contributed by atoms with van der Waals surface area (Å²) in [5, 5.41) is 13.2. The molecule has 5 rings (SSSR count). The normalized spacial score (nSPS) is 20.2. The van der Waals surface area contributed by atoms with E-state index in [-0.39, 0.29) is 60.7 Å². The summed E-state index contributed by atoms with van der Waals surface area (Å²) in [4.78, 5) is 30.8. The lowest BCUT2D eigenvalue weighted by Crippen LogP contribution is -2.48. The summed E-state index contributed by atoms with van der Waals surface area (Å²) in [7, 11) is -0.845. The molecule has 2 heterocycles. The fraction of sp³-hybridized carbons (Fsp3) is 0.459. The third-order valence-electron chi connectivity index (χ3n) is 9.10. The number of anilines is 2. The molecule has 3 amide bonds. The SMILES string of the molecule is COc1ccc(S(=O)(=O)Nc2ccc3c(c2)C(=O)N([C@@H](C)CO)C[C@H](C)[C@@H](CN(C)C(=O)Nc2ccc4c(c2)OCO4)OCCCC[C@H](C)O3)cc1. The fourth-order valence-corrected chi connectivity index (χ4v) is 7.01. The van der Waals surface area contributed by atoms with Crippen molar-refractivity contribution in [2.24, 2.45) is 5.92 Å². The first-order valence-corrected chi connectivity index (χ1v) is 18.8. The van der Waals surface area contributed by atoms with Gasteiger partial charge in [0, 0.05) is 50.1 Å². The minimum Gasteiger partial charge on any atom is -0.497 e. The summed E-state index contributed by atoms with van der Waals surface area (Å²) >= 11 is 0. The van der Waals surface area contributed by atoms with Gasteiger partial charge < -0.3 is 43.9 Å². The van der Waals surface area contributed by atoms with Gasteiger partial charge in [0.1, 0.15) is 11.5 Å². The molecule has 3 N–H and O–H groups in total. The predicted octanol–water partition coefficient (Wildman–Crippen LogP) is 5.18. The molecule has 2 aliphatic heterocycles. The molecule has 282 valence electrons. The lowest BCUT2D eigenvalue weighted by molar-refractivity contribution is -0.0115. The number of aliphatic hydroxyl groups excluding tert-OH is 1. The number of ether oxygens (including phenoxy) is 5. The molecule has 4 atom stereocenters. The Morgan fingerprint density at radius 3 is 2.46 bits per heavy atom. The van der Waals surface area contributed by atoms with Crippen LogP contribution in [0.3, 0.4) is 0 Å². The highest BCUT2D eigenvalue weighted by atomic mass is 32.2. The Bertz CT molecular complexity index is 1810. The zero-order valence-corrected chi connectivity index (χ0v) is 31.0. The largest absolute Gasteiger partial charge is 0.497 e. The molecular formula is C37H48N4O10S. The Morgan fingerprint density at radius 2 is 1.73 bits per heavy atom. The number of benzene rings is 3. The maximum Gasteiger partial charge on any atom is 0.321 e.